The number of carbonyl (C=O) groups excluding carboxylic acids is 1. The van der Waals surface area contributed by atoms with Crippen LogP contribution in [0.4, 0.5) is 0 Å². The summed E-state index contributed by atoms with van der Waals surface area (Å²) in [7, 11) is -1.73. The number of amides is 1. The second kappa shape index (κ2) is 9.11. The number of likely N-dealkylation sites (N-methyl/N-ethyl adjacent to an activating group) is 1. The molecule has 9 heteroatoms. The van der Waals surface area contributed by atoms with Crippen molar-refractivity contribution in [2.24, 2.45) is 0 Å². The number of hydrogen-bond donors (Lipinski definition) is 0. The fourth-order valence-electron chi connectivity index (χ4n) is 2.53. The molecule has 1 aromatic heterocycles. The van der Waals surface area contributed by atoms with Crippen molar-refractivity contribution in [3.05, 3.63) is 66.7 Å². The second-order valence-corrected chi connectivity index (χ2v) is 9.19. The molecule has 0 unspecified atom stereocenters. The lowest BCUT2D eigenvalue weighted by Crippen LogP contribution is -2.35. The predicted octanol–water partition coefficient (Wildman–Crippen LogP) is 2.56. The highest BCUT2D eigenvalue weighted by atomic mass is 32.2. The van der Waals surface area contributed by atoms with Crippen molar-refractivity contribution in [1.82, 2.24) is 9.88 Å². The molecule has 0 fully saturated rings. The molecule has 7 nitrogen and oxygen atoms in total. The van der Waals surface area contributed by atoms with E-state index in [0.717, 1.165) is 0 Å². The standard InChI is InChI=1S/C19H20N2O5S2/c1-21(14-17-25-10-11-26-17)19(22)16-8-5-9-20-18(16)27-12-13-28(23,24)15-6-3-2-4-7-15/h2-11,17H,12-14H2,1H3. The van der Waals surface area contributed by atoms with Crippen molar-refractivity contribution in [3.63, 3.8) is 0 Å². The molecular formula is C19H20N2O5S2. The molecule has 0 bridgehead atoms. The van der Waals surface area contributed by atoms with Crippen molar-refractivity contribution in [2.45, 2.75) is 16.2 Å². The van der Waals surface area contributed by atoms with E-state index in [4.69, 9.17) is 9.47 Å². The average molecular weight is 421 g/mol. The Hall–Kier alpha value is -2.52. The van der Waals surface area contributed by atoms with Gasteiger partial charge in [0.2, 0.25) is 0 Å². The monoisotopic (exact) mass is 420 g/mol. The molecular weight excluding hydrogens is 400 g/mol. The summed E-state index contributed by atoms with van der Waals surface area (Å²) in [5.41, 5.74) is 0.415. The molecule has 2 heterocycles. The Balaban J connectivity index is 1.63. The first kappa shape index (κ1) is 20.2. The number of pyridine rings is 1. The molecule has 3 rings (SSSR count). The summed E-state index contributed by atoms with van der Waals surface area (Å²) in [6, 6.07) is 11.7. The van der Waals surface area contributed by atoms with Crippen LogP contribution in [0, 0.1) is 0 Å². The fraction of sp³-hybridized carbons (Fsp3) is 0.263. The van der Waals surface area contributed by atoms with E-state index in [1.54, 1.807) is 55.7 Å². The van der Waals surface area contributed by atoms with Gasteiger partial charge in [0.1, 0.15) is 17.6 Å². The number of ether oxygens (including phenoxy) is 2. The molecule has 0 saturated carbocycles. The Morgan fingerprint density at radius 1 is 1.14 bits per heavy atom. The maximum absolute atomic E-state index is 12.8. The van der Waals surface area contributed by atoms with Gasteiger partial charge in [-0.15, -0.1) is 11.8 Å². The normalized spacial score (nSPS) is 13.8. The zero-order chi connectivity index (χ0) is 20.0. The largest absolute Gasteiger partial charge is 0.457 e. The van der Waals surface area contributed by atoms with E-state index in [0.29, 0.717) is 10.6 Å². The SMILES string of the molecule is CN(CC1OC=CO1)C(=O)c1cccnc1SCCS(=O)(=O)c1ccccc1. The summed E-state index contributed by atoms with van der Waals surface area (Å²) >= 11 is 1.24. The second-order valence-electron chi connectivity index (χ2n) is 6.00. The van der Waals surface area contributed by atoms with E-state index in [9.17, 15) is 13.2 Å². The lowest BCUT2D eigenvalue weighted by atomic mass is 10.2. The summed E-state index contributed by atoms with van der Waals surface area (Å²) in [6.07, 6.45) is 3.92. The molecule has 28 heavy (non-hydrogen) atoms. The summed E-state index contributed by atoms with van der Waals surface area (Å²) in [4.78, 5) is 18.8. The number of benzene rings is 1. The molecule has 1 aliphatic heterocycles. The molecule has 1 aliphatic rings. The molecule has 0 aliphatic carbocycles. The van der Waals surface area contributed by atoms with Crippen LogP contribution in [0.25, 0.3) is 0 Å². The van der Waals surface area contributed by atoms with E-state index < -0.39 is 16.1 Å². The van der Waals surface area contributed by atoms with Crippen molar-refractivity contribution in [3.8, 4) is 0 Å². The molecule has 0 radical (unpaired) electrons. The highest BCUT2D eigenvalue weighted by Gasteiger charge is 2.23. The quantitative estimate of drug-likeness (QED) is 0.607. The number of hydrogen-bond acceptors (Lipinski definition) is 7. The summed E-state index contributed by atoms with van der Waals surface area (Å²) < 4.78 is 35.2. The number of rotatable bonds is 8. The minimum Gasteiger partial charge on any atom is -0.457 e. The number of aromatic nitrogens is 1. The van der Waals surface area contributed by atoms with E-state index in [1.165, 1.54) is 29.2 Å². The summed E-state index contributed by atoms with van der Waals surface area (Å²) in [6.45, 7) is 0.257. The summed E-state index contributed by atoms with van der Waals surface area (Å²) in [5.74, 6) is 0.00866. The van der Waals surface area contributed by atoms with Gasteiger partial charge in [0.25, 0.3) is 12.2 Å². The van der Waals surface area contributed by atoms with Gasteiger partial charge in [0.05, 0.1) is 22.8 Å². The van der Waals surface area contributed by atoms with Crippen LogP contribution in [0.5, 0.6) is 0 Å². The van der Waals surface area contributed by atoms with Gasteiger partial charge in [-0.25, -0.2) is 13.4 Å². The first-order chi connectivity index (χ1) is 13.5. The van der Waals surface area contributed by atoms with Crippen LogP contribution in [-0.2, 0) is 19.3 Å². The number of thioether (sulfide) groups is 1. The molecule has 2 aromatic rings. The molecule has 0 spiro atoms. The average Bonchev–Trinajstić information content (AvgIpc) is 3.21. The van der Waals surface area contributed by atoms with Crippen LogP contribution >= 0.6 is 11.8 Å². The predicted molar refractivity (Wildman–Crippen MR) is 106 cm³/mol. The third kappa shape index (κ3) is 5.05. The van der Waals surface area contributed by atoms with Gasteiger partial charge in [-0.2, -0.15) is 0 Å². The Morgan fingerprint density at radius 2 is 1.86 bits per heavy atom. The Morgan fingerprint density at radius 3 is 2.57 bits per heavy atom. The molecule has 1 aromatic carbocycles. The first-order valence-electron chi connectivity index (χ1n) is 8.54. The van der Waals surface area contributed by atoms with Crippen LogP contribution in [0.15, 0.2) is 71.1 Å². The minimum atomic E-state index is -3.38. The van der Waals surface area contributed by atoms with Gasteiger partial charge < -0.3 is 14.4 Å². The van der Waals surface area contributed by atoms with Gasteiger partial charge in [-0.05, 0) is 24.3 Å². The fourth-order valence-corrected chi connectivity index (χ4v) is 5.19. The molecule has 0 N–H and O–H groups in total. The molecule has 0 saturated heterocycles. The zero-order valence-corrected chi connectivity index (χ0v) is 16.9. The van der Waals surface area contributed by atoms with Gasteiger partial charge in [-0.1, -0.05) is 18.2 Å². The smallest absolute Gasteiger partial charge is 0.257 e. The highest BCUT2D eigenvalue weighted by molar-refractivity contribution is 8.00. The van der Waals surface area contributed by atoms with Crippen LogP contribution in [0.1, 0.15) is 10.4 Å². The van der Waals surface area contributed by atoms with Crippen molar-refractivity contribution < 1.29 is 22.7 Å². The van der Waals surface area contributed by atoms with Crippen molar-refractivity contribution in [1.29, 1.82) is 0 Å². The van der Waals surface area contributed by atoms with E-state index in [2.05, 4.69) is 4.98 Å². The lowest BCUT2D eigenvalue weighted by molar-refractivity contribution is -0.0375. The molecule has 0 atom stereocenters. The number of sulfone groups is 1. The van der Waals surface area contributed by atoms with Crippen molar-refractivity contribution in [2.75, 3.05) is 25.1 Å². The minimum absolute atomic E-state index is 0.0445. The maximum Gasteiger partial charge on any atom is 0.257 e. The van der Waals surface area contributed by atoms with Gasteiger partial charge in [0.15, 0.2) is 9.84 Å². The number of carbonyl (C=O) groups is 1. The first-order valence-corrected chi connectivity index (χ1v) is 11.2. The highest BCUT2D eigenvalue weighted by Crippen LogP contribution is 2.23. The molecule has 1 amide bonds. The Kier molecular flexibility index (Phi) is 6.58. The van der Waals surface area contributed by atoms with E-state index >= 15 is 0 Å². The Bertz CT molecular complexity index is 940. The van der Waals surface area contributed by atoms with Gasteiger partial charge in [-0.3, -0.25) is 4.79 Å². The summed E-state index contributed by atoms with van der Waals surface area (Å²) in [5, 5.41) is 0.494. The number of nitrogens with zero attached hydrogens (tertiary/aromatic N) is 2. The zero-order valence-electron chi connectivity index (χ0n) is 15.2. The maximum atomic E-state index is 12.8. The lowest BCUT2D eigenvalue weighted by Gasteiger charge is -2.21. The van der Waals surface area contributed by atoms with E-state index in [1.807, 2.05) is 0 Å². The van der Waals surface area contributed by atoms with Crippen LogP contribution in [0.2, 0.25) is 0 Å². The van der Waals surface area contributed by atoms with Crippen LogP contribution in [-0.4, -0.2) is 55.6 Å². The van der Waals surface area contributed by atoms with E-state index in [-0.39, 0.29) is 28.9 Å². The Labute approximate surface area is 168 Å². The van der Waals surface area contributed by atoms with Crippen molar-refractivity contribution >= 4 is 27.5 Å². The third-order valence-corrected chi connectivity index (χ3v) is 6.98. The third-order valence-electron chi connectivity index (χ3n) is 3.98. The topological polar surface area (TPSA) is 85.8 Å². The van der Waals surface area contributed by atoms with Crippen LogP contribution in [0.3, 0.4) is 0 Å². The van der Waals surface area contributed by atoms with Gasteiger partial charge >= 0.3 is 0 Å². The molecule has 148 valence electrons. The van der Waals surface area contributed by atoms with Gasteiger partial charge in [0, 0.05) is 19.0 Å². The van der Waals surface area contributed by atoms with Crippen LogP contribution < -0.4 is 0 Å².